The fourth-order valence-corrected chi connectivity index (χ4v) is 4.91. The Hall–Kier alpha value is -4.00. The average molecular weight is 541 g/mol. The number of benzene rings is 3. The number of nitro benzene ring substituents is 1. The Kier molecular flexibility index (Phi) is 8.89. The van der Waals surface area contributed by atoms with Gasteiger partial charge in [-0.3, -0.25) is 19.8 Å². The van der Waals surface area contributed by atoms with Crippen LogP contribution in [0.3, 0.4) is 0 Å². The summed E-state index contributed by atoms with van der Waals surface area (Å²) >= 11 is 0. The molecule has 1 amide bonds. The van der Waals surface area contributed by atoms with Gasteiger partial charge in [-0.25, -0.2) is 13.1 Å². The van der Waals surface area contributed by atoms with E-state index in [9.17, 15) is 23.3 Å². The number of nitrogens with one attached hydrogen (secondary N) is 2. The lowest BCUT2D eigenvalue weighted by Crippen LogP contribution is -2.37. The smallest absolute Gasteiger partial charge is 0.293 e. The Morgan fingerprint density at radius 2 is 1.74 bits per heavy atom. The topological polar surface area (TPSA) is 140 Å². The van der Waals surface area contributed by atoms with Gasteiger partial charge in [-0.15, -0.1) is 0 Å². The van der Waals surface area contributed by atoms with Crippen LogP contribution in [-0.2, 0) is 14.8 Å². The zero-order valence-electron chi connectivity index (χ0n) is 20.5. The molecule has 0 bridgehead atoms. The summed E-state index contributed by atoms with van der Waals surface area (Å²) < 4.78 is 39.0. The maximum absolute atomic E-state index is 13.0. The minimum atomic E-state index is -4.42. The monoisotopic (exact) mass is 540 g/mol. The number of anilines is 1. The van der Waals surface area contributed by atoms with Crippen molar-refractivity contribution >= 4 is 27.3 Å². The molecule has 4 rings (SSSR count). The average Bonchev–Trinajstić information content (AvgIpc) is 2.92. The second-order valence-corrected chi connectivity index (χ2v) is 10.2. The first-order valence-corrected chi connectivity index (χ1v) is 13.5. The molecule has 200 valence electrons. The quantitative estimate of drug-likeness (QED) is 0.212. The Labute approximate surface area is 220 Å². The van der Waals surface area contributed by atoms with E-state index < -0.39 is 31.4 Å². The van der Waals surface area contributed by atoms with Gasteiger partial charge in [-0.2, -0.15) is 0 Å². The molecule has 0 radical (unpaired) electrons. The molecule has 1 aliphatic rings. The van der Waals surface area contributed by atoms with Gasteiger partial charge in [0.25, 0.3) is 21.6 Å². The fraction of sp³-hybridized carbons (Fsp3) is 0.269. The summed E-state index contributed by atoms with van der Waals surface area (Å²) in [6, 6.07) is 18.4. The number of carbonyl (C=O) groups is 1. The number of sulfonamides is 1. The van der Waals surface area contributed by atoms with Crippen LogP contribution < -0.4 is 14.8 Å². The third-order valence-corrected chi connectivity index (χ3v) is 7.20. The Balaban J connectivity index is 1.44. The van der Waals surface area contributed by atoms with Crippen LogP contribution in [0.2, 0.25) is 0 Å². The molecular weight excluding hydrogens is 512 g/mol. The number of rotatable bonds is 11. The predicted molar refractivity (Wildman–Crippen MR) is 141 cm³/mol. The highest BCUT2D eigenvalue weighted by molar-refractivity contribution is 7.90. The van der Waals surface area contributed by atoms with Crippen LogP contribution in [0, 0.1) is 10.1 Å². The van der Waals surface area contributed by atoms with Crippen molar-refractivity contribution in [2.24, 2.45) is 0 Å². The number of hydrogen-bond acceptors (Lipinski definition) is 9. The molecular formula is C26H28N4O7S. The molecule has 1 heterocycles. The van der Waals surface area contributed by atoms with Crippen LogP contribution in [0.25, 0.3) is 0 Å². The van der Waals surface area contributed by atoms with E-state index in [1.165, 1.54) is 18.2 Å². The highest BCUT2D eigenvalue weighted by atomic mass is 32.2. The van der Waals surface area contributed by atoms with Crippen molar-refractivity contribution < 1.29 is 27.6 Å². The predicted octanol–water partition coefficient (Wildman–Crippen LogP) is 3.64. The molecule has 0 saturated carbocycles. The Morgan fingerprint density at radius 3 is 2.47 bits per heavy atom. The van der Waals surface area contributed by atoms with Gasteiger partial charge in [0.05, 0.1) is 28.6 Å². The summed E-state index contributed by atoms with van der Waals surface area (Å²) in [5.74, 6) is -0.294. The van der Waals surface area contributed by atoms with E-state index in [4.69, 9.17) is 9.47 Å². The second-order valence-electron chi connectivity index (χ2n) is 8.52. The normalized spacial score (nSPS) is 14.0. The minimum Gasteiger partial charge on any atom is -0.457 e. The number of amides is 1. The van der Waals surface area contributed by atoms with Crippen LogP contribution in [0.15, 0.2) is 77.7 Å². The van der Waals surface area contributed by atoms with Crippen molar-refractivity contribution in [1.82, 2.24) is 9.62 Å². The molecule has 0 aromatic heterocycles. The summed E-state index contributed by atoms with van der Waals surface area (Å²) in [5, 5.41) is 14.7. The first-order chi connectivity index (χ1) is 18.3. The SMILES string of the molecule is O=C(NS(=O)(=O)c1ccc(NCCCN2CCOCC2)c([N+](=O)[O-])c1)c1ccccc1Oc1ccccc1. The lowest BCUT2D eigenvalue weighted by molar-refractivity contribution is -0.384. The molecule has 3 aromatic carbocycles. The summed E-state index contributed by atoms with van der Waals surface area (Å²) in [4.78, 5) is 25.8. The number of nitrogens with zero attached hydrogens (tertiary/aromatic N) is 2. The summed E-state index contributed by atoms with van der Waals surface area (Å²) in [6.07, 6.45) is 0.748. The van der Waals surface area contributed by atoms with Gasteiger partial charge in [0.15, 0.2) is 0 Å². The molecule has 0 unspecified atom stereocenters. The van der Waals surface area contributed by atoms with Crippen molar-refractivity contribution in [1.29, 1.82) is 0 Å². The second kappa shape index (κ2) is 12.5. The molecule has 2 N–H and O–H groups in total. The summed E-state index contributed by atoms with van der Waals surface area (Å²) in [7, 11) is -4.42. The number of morpholine rings is 1. The third-order valence-electron chi connectivity index (χ3n) is 5.88. The van der Waals surface area contributed by atoms with Crippen molar-refractivity contribution in [2.45, 2.75) is 11.3 Å². The van der Waals surface area contributed by atoms with Gasteiger partial charge in [-0.1, -0.05) is 30.3 Å². The van der Waals surface area contributed by atoms with Gasteiger partial charge in [0.2, 0.25) is 0 Å². The van der Waals surface area contributed by atoms with Crippen LogP contribution >= 0.6 is 0 Å². The molecule has 3 aromatic rings. The standard InChI is InChI=1S/C26H28N4O7S/c31-26(22-9-4-5-10-25(22)37-20-7-2-1-3-8-20)28-38(34,35)21-11-12-23(24(19-21)30(32)33)27-13-6-14-29-15-17-36-18-16-29/h1-5,7-12,19,27H,6,13-18H2,(H,28,31). The molecule has 0 atom stereocenters. The van der Waals surface area contributed by atoms with Crippen LogP contribution in [0.4, 0.5) is 11.4 Å². The number of hydrogen-bond donors (Lipinski definition) is 2. The molecule has 38 heavy (non-hydrogen) atoms. The largest absolute Gasteiger partial charge is 0.457 e. The van der Waals surface area contributed by atoms with Crippen molar-refractivity contribution in [3.8, 4) is 11.5 Å². The number of carbonyl (C=O) groups excluding carboxylic acids is 1. The minimum absolute atomic E-state index is 0.00650. The van der Waals surface area contributed by atoms with E-state index in [0.717, 1.165) is 32.1 Å². The Morgan fingerprint density at radius 1 is 1.03 bits per heavy atom. The van der Waals surface area contributed by atoms with E-state index >= 15 is 0 Å². The first kappa shape index (κ1) is 27.0. The molecule has 1 saturated heterocycles. The highest BCUT2D eigenvalue weighted by Crippen LogP contribution is 2.29. The van der Waals surface area contributed by atoms with Gasteiger partial charge < -0.3 is 14.8 Å². The zero-order valence-corrected chi connectivity index (χ0v) is 21.4. The molecule has 1 fully saturated rings. The molecule has 11 nitrogen and oxygen atoms in total. The van der Waals surface area contributed by atoms with E-state index in [0.29, 0.717) is 25.5 Å². The summed E-state index contributed by atoms with van der Waals surface area (Å²) in [6.45, 7) is 4.37. The maximum atomic E-state index is 13.0. The van der Waals surface area contributed by atoms with Gasteiger partial charge in [0.1, 0.15) is 17.2 Å². The third kappa shape index (κ3) is 7.06. The first-order valence-electron chi connectivity index (χ1n) is 12.0. The van der Waals surface area contributed by atoms with E-state index in [-0.39, 0.29) is 17.0 Å². The number of ether oxygens (including phenoxy) is 2. The molecule has 12 heteroatoms. The van der Waals surface area contributed by atoms with Gasteiger partial charge in [-0.05, 0) is 49.4 Å². The molecule has 1 aliphatic heterocycles. The van der Waals surface area contributed by atoms with E-state index in [1.54, 1.807) is 42.5 Å². The number of para-hydroxylation sites is 2. The van der Waals surface area contributed by atoms with Gasteiger partial charge >= 0.3 is 0 Å². The van der Waals surface area contributed by atoms with Crippen molar-refractivity contribution in [3.63, 3.8) is 0 Å². The van der Waals surface area contributed by atoms with E-state index in [1.807, 2.05) is 10.8 Å². The lowest BCUT2D eigenvalue weighted by atomic mass is 10.2. The van der Waals surface area contributed by atoms with Crippen LogP contribution in [-0.4, -0.2) is 63.5 Å². The van der Waals surface area contributed by atoms with Gasteiger partial charge in [0, 0.05) is 25.7 Å². The molecule has 0 aliphatic carbocycles. The summed E-state index contributed by atoms with van der Waals surface area (Å²) in [5.41, 5.74) is -0.212. The number of nitro groups is 1. The maximum Gasteiger partial charge on any atom is 0.293 e. The Bertz CT molecular complexity index is 1380. The zero-order chi connectivity index (χ0) is 27.0. The highest BCUT2D eigenvalue weighted by Gasteiger charge is 2.25. The van der Waals surface area contributed by atoms with E-state index in [2.05, 4.69) is 10.2 Å². The van der Waals surface area contributed by atoms with Crippen LogP contribution in [0.1, 0.15) is 16.8 Å². The van der Waals surface area contributed by atoms with Crippen molar-refractivity contribution in [2.75, 3.05) is 44.7 Å². The molecule has 0 spiro atoms. The van der Waals surface area contributed by atoms with Crippen LogP contribution in [0.5, 0.6) is 11.5 Å². The fourth-order valence-electron chi connectivity index (χ4n) is 3.92. The van der Waals surface area contributed by atoms with Crippen molar-refractivity contribution in [3.05, 3.63) is 88.5 Å². The lowest BCUT2D eigenvalue weighted by Gasteiger charge is -2.26.